The van der Waals surface area contributed by atoms with Gasteiger partial charge >= 0.3 is 0 Å². The third kappa shape index (κ3) is 5.00. The highest BCUT2D eigenvalue weighted by molar-refractivity contribution is 7.88. The first-order valence-electron chi connectivity index (χ1n) is 12.6. The van der Waals surface area contributed by atoms with Crippen LogP contribution < -0.4 is 10.0 Å². The summed E-state index contributed by atoms with van der Waals surface area (Å²) in [6.45, 7) is 1.87. The van der Waals surface area contributed by atoms with Crippen LogP contribution in [0.1, 0.15) is 34.4 Å². The number of benzene rings is 2. The second kappa shape index (κ2) is 9.83. The Kier molecular flexibility index (Phi) is 6.35. The number of aromatic nitrogens is 3. The van der Waals surface area contributed by atoms with Crippen LogP contribution in [-0.2, 0) is 23.0 Å². The van der Waals surface area contributed by atoms with Gasteiger partial charge in [0.2, 0.25) is 10.0 Å². The van der Waals surface area contributed by atoms with Crippen molar-refractivity contribution in [2.45, 2.75) is 19.4 Å². The van der Waals surface area contributed by atoms with E-state index >= 15 is 0 Å². The van der Waals surface area contributed by atoms with E-state index in [1.54, 1.807) is 0 Å². The van der Waals surface area contributed by atoms with Crippen molar-refractivity contribution >= 4 is 32.1 Å². The van der Waals surface area contributed by atoms with Crippen LogP contribution >= 0.6 is 0 Å². The van der Waals surface area contributed by atoms with Crippen molar-refractivity contribution in [3.05, 3.63) is 101 Å². The van der Waals surface area contributed by atoms with Crippen LogP contribution in [0.3, 0.4) is 0 Å². The molecule has 1 aliphatic carbocycles. The summed E-state index contributed by atoms with van der Waals surface area (Å²) in [6.07, 6.45) is 11.0. The number of hydrogen-bond donors (Lipinski definition) is 4. The van der Waals surface area contributed by atoms with Gasteiger partial charge in [-0.2, -0.15) is 5.10 Å². The number of allylic oxidation sites excluding steroid dienone is 3. The van der Waals surface area contributed by atoms with E-state index in [-0.39, 0.29) is 6.54 Å². The zero-order valence-corrected chi connectivity index (χ0v) is 21.8. The minimum Gasteiger partial charge on any atom is -0.356 e. The van der Waals surface area contributed by atoms with E-state index < -0.39 is 15.8 Å². The molecule has 0 radical (unpaired) electrons. The number of sulfonamides is 1. The number of nitrogens with one attached hydrogen (secondary N) is 4. The first-order valence-corrected chi connectivity index (χ1v) is 14.5. The fourth-order valence-corrected chi connectivity index (χ4v) is 5.57. The minimum absolute atomic E-state index is 0.0199. The molecule has 7 nitrogen and oxygen atoms in total. The molecule has 0 atom stereocenters. The van der Waals surface area contributed by atoms with Gasteiger partial charge in [0.25, 0.3) is 0 Å². The Labute approximate surface area is 220 Å². The van der Waals surface area contributed by atoms with Crippen LogP contribution in [0.4, 0.5) is 4.39 Å². The molecule has 38 heavy (non-hydrogen) atoms. The average molecular weight is 530 g/mol. The molecule has 4 aromatic rings. The Bertz CT molecular complexity index is 1740. The van der Waals surface area contributed by atoms with Crippen LogP contribution in [0.2, 0.25) is 0 Å². The normalized spacial score (nSPS) is 15.7. The Morgan fingerprint density at radius 2 is 2.00 bits per heavy atom. The molecule has 0 saturated carbocycles. The summed E-state index contributed by atoms with van der Waals surface area (Å²) < 4.78 is 40.2. The van der Waals surface area contributed by atoms with Crippen LogP contribution in [-0.4, -0.2) is 42.9 Å². The van der Waals surface area contributed by atoms with Crippen molar-refractivity contribution in [2.24, 2.45) is 0 Å². The Morgan fingerprint density at radius 1 is 1.11 bits per heavy atom. The molecule has 9 heteroatoms. The summed E-state index contributed by atoms with van der Waals surface area (Å²) in [5, 5.41) is 12.2. The largest absolute Gasteiger partial charge is 0.356 e. The fourth-order valence-electron chi connectivity index (χ4n) is 5.14. The van der Waals surface area contributed by atoms with Crippen LogP contribution in [0.25, 0.3) is 33.4 Å². The SMILES string of the molecule is CS(=O)(=O)NCc1cc(F)cc(C2=CC=CCc3[nH]c(-c4n[nH]c5ccc(C6=CCNCC6)cc45)cc32)c1. The van der Waals surface area contributed by atoms with Crippen molar-refractivity contribution in [3.8, 4) is 11.4 Å². The molecule has 2 aliphatic rings. The summed E-state index contributed by atoms with van der Waals surface area (Å²) in [7, 11) is -3.40. The van der Waals surface area contributed by atoms with Gasteiger partial charge in [0.05, 0.1) is 17.5 Å². The summed E-state index contributed by atoms with van der Waals surface area (Å²) in [6, 6.07) is 13.1. The van der Waals surface area contributed by atoms with Crippen molar-refractivity contribution in [1.29, 1.82) is 0 Å². The van der Waals surface area contributed by atoms with Crippen molar-refractivity contribution in [1.82, 2.24) is 25.2 Å². The average Bonchev–Trinajstić information content (AvgIpc) is 3.46. The lowest BCUT2D eigenvalue weighted by molar-refractivity contribution is 0.586. The van der Waals surface area contributed by atoms with Crippen molar-refractivity contribution < 1.29 is 12.8 Å². The predicted molar refractivity (Wildman–Crippen MR) is 149 cm³/mol. The highest BCUT2D eigenvalue weighted by atomic mass is 32.2. The maximum Gasteiger partial charge on any atom is 0.209 e. The second-order valence-corrected chi connectivity index (χ2v) is 11.6. The monoisotopic (exact) mass is 529 g/mol. The molecule has 0 spiro atoms. The molecule has 2 aromatic carbocycles. The summed E-state index contributed by atoms with van der Waals surface area (Å²) in [5.41, 5.74) is 9.29. The predicted octanol–water partition coefficient (Wildman–Crippen LogP) is 4.67. The number of halogens is 1. The van der Waals surface area contributed by atoms with E-state index in [1.165, 1.54) is 23.3 Å². The number of nitrogens with zero attached hydrogens (tertiary/aromatic N) is 1. The quantitative estimate of drug-likeness (QED) is 0.292. The molecule has 0 unspecified atom stereocenters. The maximum atomic E-state index is 14.6. The van der Waals surface area contributed by atoms with Gasteiger partial charge in [-0.25, -0.2) is 17.5 Å². The van der Waals surface area contributed by atoms with Gasteiger partial charge in [-0.15, -0.1) is 0 Å². The number of rotatable bonds is 6. The molecule has 2 aromatic heterocycles. The smallest absolute Gasteiger partial charge is 0.209 e. The third-order valence-corrected chi connectivity index (χ3v) is 7.64. The topological polar surface area (TPSA) is 103 Å². The first kappa shape index (κ1) is 24.5. The minimum atomic E-state index is -3.40. The molecule has 194 valence electrons. The van der Waals surface area contributed by atoms with Gasteiger partial charge in [0.15, 0.2) is 0 Å². The van der Waals surface area contributed by atoms with Gasteiger partial charge in [-0.3, -0.25) is 5.10 Å². The van der Waals surface area contributed by atoms with Gasteiger partial charge < -0.3 is 10.3 Å². The van der Waals surface area contributed by atoms with E-state index in [0.29, 0.717) is 17.5 Å². The van der Waals surface area contributed by atoms with E-state index in [4.69, 9.17) is 0 Å². The Morgan fingerprint density at radius 3 is 2.82 bits per heavy atom. The van der Waals surface area contributed by atoms with E-state index in [1.807, 2.05) is 18.2 Å². The Hall–Kier alpha value is -3.79. The molecule has 0 amide bonds. The number of fused-ring (bicyclic) bond motifs is 2. The highest BCUT2D eigenvalue weighted by Crippen LogP contribution is 2.36. The van der Waals surface area contributed by atoms with Crippen LogP contribution in [0.5, 0.6) is 0 Å². The van der Waals surface area contributed by atoms with Gasteiger partial charge in [-0.1, -0.05) is 30.4 Å². The lowest BCUT2D eigenvalue weighted by Crippen LogP contribution is -2.21. The van der Waals surface area contributed by atoms with E-state index in [0.717, 1.165) is 64.9 Å². The summed E-state index contributed by atoms with van der Waals surface area (Å²) >= 11 is 0. The number of aromatic amines is 2. The highest BCUT2D eigenvalue weighted by Gasteiger charge is 2.20. The number of hydrogen-bond acceptors (Lipinski definition) is 4. The van der Waals surface area contributed by atoms with Crippen LogP contribution in [0, 0.1) is 5.82 Å². The molecule has 0 bridgehead atoms. The number of H-pyrrole nitrogens is 2. The molecule has 6 rings (SSSR count). The molecule has 0 saturated heterocycles. The van der Waals surface area contributed by atoms with E-state index in [2.05, 4.69) is 61.6 Å². The standard InChI is InChI=1S/C29H28FN5O2S/c1-38(36,37)32-17-18-12-21(14-22(30)13-18)23-4-2-3-5-26-24(23)16-28(33-26)29-25-15-20(6-7-27(25)34-35-29)19-8-10-31-11-9-19/h2-4,6-8,12-16,31-33H,5,9-11,17H2,1H3,(H,34,35). The van der Waals surface area contributed by atoms with Crippen molar-refractivity contribution in [3.63, 3.8) is 0 Å². The lowest BCUT2D eigenvalue weighted by atomic mass is 9.95. The van der Waals surface area contributed by atoms with Gasteiger partial charge in [0, 0.05) is 36.2 Å². The lowest BCUT2D eigenvalue weighted by Gasteiger charge is -2.14. The molecular weight excluding hydrogens is 501 g/mol. The zero-order valence-electron chi connectivity index (χ0n) is 20.9. The molecule has 0 fully saturated rings. The summed E-state index contributed by atoms with van der Waals surface area (Å²) in [5.74, 6) is -0.419. The van der Waals surface area contributed by atoms with Crippen LogP contribution in [0.15, 0.2) is 66.8 Å². The van der Waals surface area contributed by atoms with Crippen molar-refractivity contribution in [2.75, 3.05) is 19.3 Å². The Balaban J connectivity index is 1.39. The first-order chi connectivity index (χ1) is 18.3. The van der Waals surface area contributed by atoms with E-state index in [9.17, 15) is 12.8 Å². The molecule has 4 N–H and O–H groups in total. The van der Waals surface area contributed by atoms with Gasteiger partial charge in [-0.05, 0) is 77.2 Å². The molecule has 1 aliphatic heterocycles. The molecular formula is C29H28FN5O2S. The third-order valence-electron chi connectivity index (χ3n) is 6.97. The zero-order chi connectivity index (χ0) is 26.3. The molecule has 3 heterocycles. The second-order valence-electron chi connectivity index (χ2n) is 9.75. The summed E-state index contributed by atoms with van der Waals surface area (Å²) in [4.78, 5) is 3.56. The van der Waals surface area contributed by atoms with Gasteiger partial charge in [0.1, 0.15) is 11.5 Å². The maximum absolute atomic E-state index is 14.6. The fraction of sp³-hybridized carbons (Fsp3) is 0.207.